The van der Waals surface area contributed by atoms with Gasteiger partial charge in [0.1, 0.15) is 5.75 Å². The van der Waals surface area contributed by atoms with Crippen molar-refractivity contribution in [2.75, 3.05) is 32.1 Å². The Hall–Kier alpha value is -1.65. The van der Waals surface area contributed by atoms with Crippen LogP contribution in [-0.2, 0) is 0 Å². The number of rotatable bonds is 4. The lowest BCUT2D eigenvalue weighted by Gasteiger charge is -2.35. The van der Waals surface area contributed by atoms with E-state index in [1.807, 2.05) is 12.1 Å². The van der Waals surface area contributed by atoms with Crippen LogP contribution in [0.25, 0.3) is 0 Å². The third-order valence-corrected chi connectivity index (χ3v) is 4.89. The highest BCUT2D eigenvalue weighted by Crippen LogP contribution is 2.49. The van der Waals surface area contributed by atoms with Crippen LogP contribution in [0.4, 0.5) is 11.4 Å². The molecule has 0 bridgehead atoms. The van der Waals surface area contributed by atoms with E-state index in [9.17, 15) is 5.11 Å². The molecule has 0 aliphatic carbocycles. The van der Waals surface area contributed by atoms with E-state index in [1.54, 1.807) is 17.8 Å². The topological polar surface area (TPSA) is 26.7 Å². The van der Waals surface area contributed by atoms with E-state index in [0.717, 1.165) is 18.0 Å². The quantitative estimate of drug-likeness (QED) is 0.915. The van der Waals surface area contributed by atoms with Crippen LogP contribution >= 0.6 is 11.8 Å². The summed E-state index contributed by atoms with van der Waals surface area (Å²) in [5, 5.41) is 9.78. The van der Waals surface area contributed by atoms with E-state index >= 15 is 0 Å². The van der Waals surface area contributed by atoms with Gasteiger partial charge in [0.15, 0.2) is 0 Å². The second-order valence-corrected chi connectivity index (χ2v) is 7.28. The molecule has 0 amide bonds. The Kier molecular flexibility index (Phi) is 4.32. The van der Waals surface area contributed by atoms with Crippen molar-refractivity contribution >= 4 is 23.1 Å². The minimum atomic E-state index is 0.326. The molecular weight excluding hydrogens is 292 g/mol. The van der Waals surface area contributed by atoms with Gasteiger partial charge in [-0.1, -0.05) is 30.8 Å². The number of hydrogen-bond acceptors (Lipinski definition) is 4. The Labute approximate surface area is 136 Å². The second-order valence-electron chi connectivity index (χ2n) is 6.20. The number of benzene rings is 2. The lowest BCUT2D eigenvalue weighted by Crippen LogP contribution is -2.31. The third-order valence-electron chi connectivity index (χ3n) is 3.78. The predicted molar refractivity (Wildman–Crippen MR) is 93.4 cm³/mol. The largest absolute Gasteiger partial charge is 0.508 e. The molecule has 0 saturated carbocycles. The maximum absolute atomic E-state index is 9.78. The average molecular weight is 314 g/mol. The minimum absolute atomic E-state index is 0.326. The molecule has 2 aromatic rings. The number of phenols is 1. The zero-order valence-electron chi connectivity index (χ0n) is 13.3. The van der Waals surface area contributed by atoms with Gasteiger partial charge in [0, 0.05) is 22.9 Å². The molecule has 0 fully saturated rings. The summed E-state index contributed by atoms with van der Waals surface area (Å²) in [6.45, 7) is 4.30. The van der Waals surface area contributed by atoms with Crippen molar-refractivity contribution in [3.63, 3.8) is 0 Å². The summed E-state index contributed by atoms with van der Waals surface area (Å²) in [4.78, 5) is 6.98. The van der Waals surface area contributed by atoms with Crippen LogP contribution in [0, 0.1) is 5.92 Å². The predicted octanol–water partition coefficient (Wildman–Crippen LogP) is 4.19. The van der Waals surface area contributed by atoms with Gasteiger partial charge in [0.05, 0.1) is 11.4 Å². The summed E-state index contributed by atoms with van der Waals surface area (Å²) in [5.41, 5.74) is 2.45. The van der Waals surface area contributed by atoms with Gasteiger partial charge in [0.25, 0.3) is 0 Å². The SMILES string of the molecule is CC(CN(C)C)CN1c2ccccc2Sc2cc(O)ccc21. The van der Waals surface area contributed by atoms with Crippen molar-refractivity contribution in [1.29, 1.82) is 0 Å². The monoisotopic (exact) mass is 314 g/mol. The van der Waals surface area contributed by atoms with Crippen molar-refractivity contribution in [2.24, 2.45) is 5.92 Å². The zero-order valence-corrected chi connectivity index (χ0v) is 14.1. The fraction of sp³-hybridized carbons (Fsp3) is 0.333. The molecule has 0 saturated heterocycles. The number of fused-ring (bicyclic) bond motifs is 2. The highest BCUT2D eigenvalue weighted by molar-refractivity contribution is 7.99. The molecule has 0 spiro atoms. The Bertz CT molecular complexity index is 672. The number of aromatic hydroxyl groups is 1. The minimum Gasteiger partial charge on any atom is -0.508 e. The molecule has 1 N–H and O–H groups in total. The van der Waals surface area contributed by atoms with Crippen molar-refractivity contribution in [3.8, 4) is 5.75 Å². The molecule has 1 atom stereocenters. The van der Waals surface area contributed by atoms with E-state index in [0.29, 0.717) is 11.7 Å². The molecule has 4 heteroatoms. The summed E-state index contributed by atoms with van der Waals surface area (Å²) >= 11 is 1.73. The van der Waals surface area contributed by atoms with E-state index < -0.39 is 0 Å². The number of para-hydroxylation sites is 1. The number of hydrogen-bond donors (Lipinski definition) is 1. The van der Waals surface area contributed by atoms with Gasteiger partial charge < -0.3 is 14.9 Å². The Morgan fingerprint density at radius 1 is 1.09 bits per heavy atom. The van der Waals surface area contributed by atoms with Crippen LogP contribution in [0.1, 0.15) is 6.92 Å². The fourth-order valence-corrected chi connectivity index (χ4v) is 4.14. The number of phenolic OH excluding ortho intramolecular Hbond substituents is 1. The maximum Gasteiger partial charge on any atom is 0.116 e. The maximum atomic E-state index is 9.78. The highest BCUT2D eigenvalue weighted by atomic mass is 32.2. The van der Waals surface area contributed by atoms with Crippen LogP contribution in [-0.4, -0.2) is 37.2 Å². The molecule has 0 aromatic heterocycles. The molecule has 3 nitrogen and oxygen atoms in total. The van der Waals surface area contributed by atoms with E-state index in [2.05, 4.69) is 55.1 Å². The summed E-state index contributed by atoms with van der Waals surface area (Å²) in [7, 11) is 4.23. The van der Waals surface area contributed by atoms with Crippen LogP contribution < -0.4 is 4.90 Å². The van der Waals surface area contributed by atoms with Crippen LogP contribution in [0.5, 0.6) is 5.75 Å². The molecule has 3 rings (SSSR count). The first-order valence-corrected chi connectivity index (χ1v) is 8.38. The molecule has 1 unspecified atom stereocenters. The van der Waals surface area contributed by atoms with Crippen molar-refractivity contribution in [2.45, 2.75) is 16.7 Å². The molecule has 1 aliphatic rings. The summed E-state index contributed by atoms with van der Waals surface area (Å²) < 4.78 is 0. The van der Waals surface area contributed by atoms with Crippen molar-refractivity contribution in [1.82, 2.24) is 4.90 Å². The Morgan fingerprint density at radius 3 is 2.59 bits per heavy atom. The van der Waals surface area contributed by atoms with Gasteiger partial charge in [0.2, 0.25) is 0 Å². The first kappa shape index (κ1) is 15.3. The van der Waals surface area contributed by atoms with Crippen LogP contribution in [0.2, 0.25) is 0 Å². The normalized spacial score (nSPS) is 14.6. The van der Waals surface area contributed by atoms with Gasteiger partial charge in [-0.2, -0.15) is 0 Å². The average Bonchev–Trinajstić information content (AvgIpc) is 2.45. The van der Waals surface area contributed by atoms with Gasteiger partial charge in [-0.05, 0) is 50.3 Å². The molecule has 2 aromatic carbocycles. The zero-order chi connectivity index (χ0) is 15.7. The van der Waals surface area contributed by atoms with E-state index in [-0.39, 0.29) is 0 Å². The summed E-state index contributed by atoms with van der Waals surface area (Å²) in [6, 6.07) is 14.2. The van der Waals surface area contributed by atoms with Crippen LogP contribution in [0.3, 0.4) is 0 Å². The smallest absolute Gasteiger partial charge is 0.116 e. The molecule has 0 radical (unpaired) electrons. The lowest BCUT2D eigenvalue weighted by molar-refractivity contribution is 0.343. The number of anilines is 2. The first-order valence-electron chi connectivity index (χ1n) is 7.57. The summed E-state index contributed by atoms with van der Waals surface area (Å²) in [5.74, 6) is 0.875. The standard InChI is InChI=1S/C18H22N2OS/c1-13(11-19(2)3)12-20-15-6-4-5-7-17(15)22-18-10-14(21)8-9-16(18)20/h4-10,13,21H,11-12H2,1-3H3. The third kappa shape index (κ3) is 3.08. The molecule has 22 heavy (non-hydrogen) atoms. The van der Waals surface area contributed by atoms with E-state index in [4.69, 9.17) is 0 Å². The van der Waals surface area contributed by atoms with Crippen molar-refractivity contribution < 1.29 is 5.11 Å². The molecule has 1 heterocycles. The van der Waals surface area contributed by atoms with Gasteiger partial charge in [-0.3, -0.25) is 0 Å². The highest BCUT2D eigenvalue weighted by Gasteiger charge is 2.24. The van der Waals surface area contributed by atoms with Gasteiger partial charge >= 0.3 is 0 Å². The lowest BCUT2D eigenvalue weighted by atomic mass is 10.1. The van der Waals surface area contributed by atoms with Crippen LogP contribution in [0.15, 0.2) is 52.3 Å². The van der Waals surface area contributed by atoms with Gasteiger partial charge in [-0.15, -0.1) is 0 Å². The molecular formula is C18H22N2OS. The summed E-state index contributed by atoms with van der Waals surface area (Å²) in [6.07, 6.45) is 0. The Morgan fingerprint density at radius 2 is 1.82 bits per heavy atom. The molecule has 116 valence electrons. The fourth-order valence-electron chi connectivity index (χ4n) is 3.01. The van der Waals surface area contributed by atoms with Crippen molar-refractivity contribution in [3.05, 3.63) is 42.5 Å². The van der Waals surface area contributed by atoms with Gasteiger partial charge in [-0.25, -0.2) is 0 Å². The Balaban J connectivity index is 1.97. The number of nitrogens with zero attached hydrogens (tertiary/aromatic N) is 2. The second kappa shape index (κ2) is 6.23. The van der Waals surface area contributed by atoms with E-state index in [1.165, 1.54) is 16.3 Å². The first-order chi connectivity index (χ1) is 10.5. The molecule has 1 aliphatic heterocycles.